The zero-order chi connectivity index (χ0) is 12.4. The Bertz CT molecular complexity index is 429. The fourth-order valence-corrected chi connectivity index (χ4v) is 5.42. The highest BCUT2D eigenvalue weighted by molar-refractivity contribution is 8.06. The molecule has 16 heavy (non-hydrogen) atoms. The van der Waals surface area contributed by atoms with E-state index in [4.69, 9.17) is 5.73 Å². The number of sulfone groups is 1. The van der Waals surface area contributed by atoms with Crippen LogP contribution in [-0.4, -0.2) is 52.1 Å². The van der Waals surface area contributed by atoms with Gasteiger partial charge in [-0.15, -0.1) is 0 Å². The third-order valence-corrected chi connectivity index (χ3v) is 6.59. The predicted octanol–water partition coefficient (Wildman–Crippen LogP) is -1.01. The van der Waals surface area contributed by atoms with Crippen LogP contribution in [-0.2, 0) is 19.9 Å². The van der Waals surface area contributed by atoms with Gasteiger partial charge in [-0.1, -0.05) is 0 Å². The maximum atomic E-state index is 11.8. The molecule has 0 amide bonds. The molecule has 1 rings (SSSR count). The van der Waals surface area contributed by atoms with E-state index in [0.29, 0.717) is 19.6 Å². The van der Waals surface area contributed by atoms with Crippen LogP contribution in [0.3, 0.4) is 0 Å². The van der Waals surface area contributed by atoms with E-state index in [1.54, 1.807) is 0 Å². The molecule has 1 unspecified atom stereocenters. The molecule has 0 aliphatic carbocycles. The minimum Gasteiger partial charge on any atom is -0.330 e. The summed E-state index contributed by atoms with van der Waals surface area (Å²) in [6.45, 7) is 1.17. The molecule has 2 N–H and O–H groups in total. The molecule has 0 spiro atoms. The van der Waals surface area contributed by atoms with Crippen LogP contribution in [0.5, 0.6) is 0 Å². The second-order valence-electron chi connectivity index (χ2n) is 4.26. The van der Waals surface area contributed by atoms with Crippen molar-refractivity contribution in [1.29, 1.82) is 0 Å². The van der Waals surface area contributed by atoms with Gasteiger partial charge in [-0.05, 0) is 25.3 Å². The first-order chi connectivity index (χ1) is 7.24. The summed E-state index contributed by atoms with van der Waals surface area (Å²) in [4.78, 5) is 0. The molecule has 0 aromatic heterocycles. The van der Waals surface area contributed by atoms with Crippen molar-refractivity contribution in [3.8, 4) is 0 Å². The summed E-state index contributed by atoms with van der Waals surface area (Å²) in [5, 5.41) is -0.808. The highest BCUT2D eigenvalue weighted by Gasteiger charge is 2.30. The Kier molecular flexibility index (Phi) is 4.33. The molecule has 1 heterocycles. The molecule has 1 aliphatic rings. The molecule has 6 nitrogen and oxygen atoms in total. The molecule has 8 heteroatoms. The SMILES string of the molecule is CS(=O)(=O)CS(=O)(=O)N1CCCC(CN)C1. The predicted molar refractivity (Wildman–Crippen MR) is 62.0 cm³/mol. The lowest BCUT2D eigenvalue weighted by Crippen LogP contribution is -2.43. The van der Waals surface area contributed by atoms with Crippen molar-refractivity contribution >= 4 is 19.9 Å². The van der Waals surface area contributed by atoms with Gasteiger partial charge in [-0.3, -0.25) is 0 Å². The smallest absolute Gasteiger partial charge is 0.228 e. The van der Waals surface area contributed by atoms with E-state index in [9.17, 15) is 16.8 Å². The Balaban J connectivity index is 2.76. The summed E-state index contributed by atoms with van der Waals surface area (Å²) >= 11 is 0. The van der Waals surface area contributed by atoms with Crippen LogP contribution in [0.15, 0.2) is 0 Å². The average molecular weight is 270 g/mol. The molecular formula is C8H18N2O4S2. The lowest BCUT2D eigenvalue weighted by atomic mass is 10.0. The lowest BCUT2D eigenvalue weighted by Gasteiger charge is -2.30. The van der Waals surface area contributed by atoms with E-state index < -0.39 is 24.9 Å². The molecule has 96 valence electrons. The van der Waals surface area contributed by atoms with Gasteiger partial charge in [0, 0.05) is 19.3 Å². The van der Waals surface area contributed by atoms with Crippen LogP contribution in [0.25, 0.3) is 0 Å². The summed E-state index contributed by atoms with van der Waals surface area (Å²) in [5.41, 5.74) is 5.50. The van der Waals surface area contributed by atoms with Gasteiger partial charge in [0.1, 0.15) is 0 Å². The van der Waals surface area contributed by atoms with Crippen molar-refractivity contribution in [1.82, 2.24) is 4.31 Å². The third kappa shape index (κ3) is 4.00. The van der Waals surface area contributed by atoms with Crippen LogP contribution in [0.1, 0.15) is 12.8 Å². The first-order valence-corrected chi connectivity index (χ1v) is 8.77. The van der Waals surface area contributed by atoms with Crippen molar-refractivity contribution < 1.29 is 16.8 Å². The van der Waals surface area contributed by atoms with E-state index in [-0.39, 0.29) is 5.92 Å². The van der Waals surface area contributed by atoms with Gasteiger partial charge >= 0.3 is 0 Å². The van der Waals surface area contributed by atoms with Crippen LogP contribution >= 0.6 is 0 Å². The molecule has 1 fully saturated rings. The van der Waals surface area contributed by atoms with Gasteiger partial charge < -0.3 is 5.73 Å². The van der Waals surface area contributed by atoms with Crippen molar-refractivity contribution in [2.75, 3.05) is 31.0 Å². The second kappa shape index (κ2) is 4.99. The highest BCUT2D eigenvalue weighted by atomic mass is 32.3. The summed E-state index contributed by atoms with van der Waals surface area (Å²) < 4.78 is 46.8. The molecule has 0 aromatic carbocycles. The molecule has 1 atom stereocenters. The van der Waals surface area contributed by atoms with Gasteiger partial charge in [0.15, 0.2) is 14.9 Å². The van der Waals surface area contributed by atoms with Crippen LogP contribution in [0, 0.1) is 5.92 Å². The third-order valence-electron chi connectivity index (χ3n) is 2.57. The number of rotatable bonds is 4. The quantitative estimate of drug-likeness (QED) is 0.706. The number of hydrogen-bond acceptors (Lipinski definition) is 5. The standard InChI is InChI=1S/C8H18N2O4S2/c1-15(11,12)7-16(13,14)10-4-2-3-8(5-9)6-10/h8H,2-7,9H2,1H3. The first-order valence-electron chi connectivity index (χ1n) is 5.10. The molecule has 0 bridgehead atoms. The summed E-state index contributed by atoms with van der Waals surface area (Å²) in [6.07, 6.45) is 2.57. The molecule has 0 aromatic rings. The van der Waals surface area contributed by atoms with Gasteiger partial charge in [-0.25, -0.2) is 21.1 Å². The molecule has 0 radical (unpaired) electrons. The Morgan fingerprint density at radius 2 is 1.94 bits per heavy atom. The van der Waals surface area contributed by atoms with Crippen LogP contribution in [0.4, 0.5) is 0 Å². The number of nitrogens with two attached hydrogens (primary N) is 1. The summed E-state index contributed by atoms with van der Waals surface area (Å²) in [7, 11) is -7.21. The minimum atomic E-state index is -3.69. The summed E-state index contributed by atoms with van der Waals surface area (Å²) in [5.74, 6) is 0.142. The Labute approximate surface area is 96.8 Å². The van der Waals surface area contributed by atoms with E-state index in [2.05, 4.69) is 0 Å². The van der Waals surface area contributed by atoms with Crippen LogP contribution in [0.2, 0.25) is 0 Å². The first kappa shape index (κ1) is 13.9. The van der Waals surface area contributed by atoms with Crippen molar-refractivity contribution in [3.05, 3.63) is 0 Å². The van der Waals surface area contributed by atoms with E-state index in [1.165, 1.54) is 4.31 Å². The molecular weight excluding hydrogens is 252 g/mol. The Hall–Kier alpha value is -0.180. The maximum Gasteiger partial charge on any atom is 0.228 e. The van der Waals surface area contributed by atoms with Crippen molar-refractivity contribution in [2.24, 2.45) is 11.7 Å². The zero-order valence-corrected chi connectivity index (χ0v) is 10.9. The number of sulfonamides is 1. The maximum absolute atomic E-state index is 11.8. The number of piperidine rings is 1. The Morgan fingerprint density at radius 1 is 1.31 bits per heavy atom. The fourth-order valence-electron chi connectivity index (χ4n) is 1.82. The highest BCUT2D eigenvalue weighted by Crippen LogP contribution is 2.19. The lowest BCUT2D eigenvalue weighted by molar-refractivity contribution is 0.272. The average Bonchev–Trinajstić information content (AvgIpc) is 2.14. The topological polar surface area (TPSA) is 97.5 Å². The zero-order valence-electron chi connectivity index (χ0n) is 9.29. The summed E-state index contributed by atoms with van der Waals surface area (Å²) in [6, 6.07) is 0. The minimum absolute atomic E-state index is 0.142. The molecule has 1 aliphatic heterocycles. The van der Waals surface area contributed by atoms with Gasteiger partial charge in [0.25, 0.3) is 0 Å². The monoisotopic (exact) mass is 270 g/mol. The van der Waals surface area contributed by atoms with Gasteiger partial charge in [0.2, 0.25) is 10.0 Å². The fraction of sp³-hybridized carbons (Fsp3) is 1.00. The molecule has 1 saturated heterocycles. The van der Waals surface area contributed by atoms with E-state index in [0.717, 1.165) is 19.1 Å². The Morgan fingerprint density at radius 3 is 2.44 bits per heavy atom. The van der Waals surface area contributed by atoms with Crippen molar-refractivity contribution in [2.45, 2.75) is 12.8 Å². The van der Waals surface area contributed by atoms with Gasteiger partial charge in [-0.2, -0.15) is 0 Å². The number of nitrogens with zero attached hydrogens (tertiary/aromatic N) is 1. The van der Waals surface area contributed by atoms with E-state index >= 15 is 0 Å². The second-order valence-corrected chi connectivity index (χ2v) is 8.73. The van der Waals surface area contributed by atoms with E-state index in [1.807, 2.05) is 0 Å². The van der Waals surface area contributed by atoms with Gasteiger partial charge in [0.05, 0.1) is 0 Å². The largest absolute Gasteiger partial charge is 0.330 e. The molecule has 0 saturated carbocycles. The normalized spacial score (nSPS) is 24.5. The van der Waals surface area contributed by atoms with Crippen molar-refractivity contribution in [3.63, 3.8) is 0 Å². The number of hydrogen-bond donors (Lipinski definition) is 1. The van der Waals surface area contributed by atoms with Crippen LogP contribution < -0.4 is 5.73 Å².